The SMILES string of the molecule is COc1cccc(-n2nnc3c(SCc4ccc(Cl)cc4)ncnc32)c1. The summed E-state index contributed by atoms with van der Waals surface area (Å²) < 4.78 is 6.96. The summed E-state index contributed by atoms with van der Waals surface area (Å²) in [6.45, 7) is 0. The van der Waals surface area contributed by atoms with Crippen molar-refractivity contribution in [2.75, 3.05) is 7.11 Å². The van der Waals surface area contributed by atoms with Crippen molar-refractivity contribution in [1.29, 1.82) is 0 Å². The van der Waals surface area contributed by atoms with Gasteiger partial charge in [0.15, 0.2) is 11.2 Å². The van der Waals surface area contributed by atoms with Crippen LogP contribution in [-0.4, -0.2) is 32.1 Å². The first kappa shape index (κ1) is 16.8. The molecule has 0 aliphatic rings. The number of nitrogens with zero attached hydrogens (tertiary/aromatic N) is 5. The van der Waals surface area contributed by atoms with Crippen molar-refractivity contribution in [1.82, 2.24) is 25.0 Å². The first-order valence-electron chi connectivity index (χ1n) is 7.82. The molecule has 0 amide bonds. The molecule has 0 radical (unpaired) electrons. The minimum absolute atomic E-state index is 0.659. The van der Waals surface area contributed by atoms with Crippen molar-refractivity contribution in [2.24, 2.45) is 0 Å². The van der Waals surface area contributed by atoms with Crippen LogP contribution in [0.2, 0.25) is 5.02 Å². The highest BCUT2D eigenvalue weighted by Gasteiger charge is 2.14. The van der Waals surface area contributed by atoms with E-state index in [-0.39, 0.29) is 0 Å². The van der Waals surface area contributed by atoms with Crippen LogP contribution in [0.15, 0.2) is 59.9 Å². The van der Waals surface area contributed by atoms with Crippen LogP contribution >= 0.6 is 23.4 Å². The number of hydrogen-bond acceptors (Lipinski definition) is 6. The van der Waals surface area contributed by atoms with Crippen LogP contribution in [0.4, 0.5) is 0 Å². The molecule has 0 N–H and O–H groups in total. The monoisotopic (exact) mass is 383 g/mol. The standard InChI is InChI=1S/C18H14ClN5OS/c1-25-15-4-2-3-14(9-15)24-17-16(22-23-24)18(21-11-20-17)26-10-12-5-7-13(19)8-6-12/h2-9,11H,10H2,1H3. The van der Waals surface area contributed by atoms with Gasteiger partial charge in [0.1, 0.15) is 17.1 Å². The zero-order valence-corrected chi connectivity index (χ0v) is 15.4. The molecule has 0 aliphatic heterocycles. The Hall–Kier alpha value is -2.64. The molecule has 2 aromatic heterocycles. The second-order valence-corrected chi connectivity index (χ2v) is 6.87. The maximum Gasteiger partial charge on any atom is 0.187 e. The average molecular weight is 384 g/mol. The summed E-state index contributed by atoms with van der Waals surface area (Å²) in [7, 11) is 1.63. The molecular formula is C18H14ClN5OS. The molecule has 0 unspecified atom stereocenters. The zero-order valence-electron chi connectivity index (χ0n) is 13.8. The molecule has 0 atom stereocenters. The fourth-order valence-corrected chi connectivity index (χ4v) is 3.49. The van der Waals surface area contributed by atoms with Gasteiger partial charge in [-0.25, -0.2) is 9.97 Å². The van der Waals surface area contributed by atoms with Gasteiger partial charge in [-0.05, 0) is 29.8 Å². The molecule has 26 heavy (non-hydrogen) atoms. The van der Waals surface area contributed by atoms with Crippen molar-refractivity contribution in [3.8, 4) is 11.4 Å². The van der Waals surface area contributed by atoms with Gasteiger partial charge in [-0.3, -0.25) is 0 Å². The molecule has 0 spiro atoms. The van der Waals surface area contributed by atoms with Crippen LogP contribution < -0.4 is 4.74 Å². The van der Waals surface area contributed by atoms with Gasteiger partial charge >= 0.3 is 0 Å². The number of ether oxygens (including phenoxy) is 1. The van der Waals surface area contributed by atoms with E-state index in [1.807, 2.05) is 48.5 Å². The van der Waals surface area contributed by atoms with E-state index < -0.39 is 0 Å². The number of aromatic nitrogens is 5. The number of fused-ring (bicyclic) bond motifs is 1. The quantitative estimate of drug-likeness (QED) is 0.380. The van der Waals surface area contributed by atoms with Crippen LogP contribution in [-0.2, 0) is 5.75 Å². The summed E-state index contributed by atoms with van der Waals surface area (Å²) in [6, 6.07) is 15.4. The molecule has 6 nitrogen and oxygen atoms in total. The molecular weight excluding hydrogens is 370 g/mol. The fraction of sp³-hybridized carbons (Fsp3) is 0.111. The van der Waals surface area contributed by atoms with Crippen LogP contribution in [0.3, 0.4) is 0 Å². The van der Waals surface area contributed by atoms with Crippen molar-refractivity contribution in [3.63, 3.8) is 0 Å². The minimum Gasteiger partial charge on any atom is -0.497 e. The van der Waals surface area contributed by atoms with Gasteiger partial charge in [-0.2, -0.15) is 4.68 Å². The summed E-state index contributed by atoms with van der Waals surface area (Å²) in [5.74, 6) is 1.51. The Bertz CT molecular complexity index is 1050. The molecule has 130 valence electrons. The third kappa shape index (κ3) is 3.36. The van der Waals surface area contributed by atoms with Gasteiger partial charge < -0.3 is 4.74 Å². The van der Waals surface area contributed by atoms with Crippen LogP contribution in [0.1, 0.15) is 5.56 Å². The molecule has 0 aliphatic carbocycles. The van der Waals surface area contributed by atoms with Crippen LogP contribution in [0, 0.1) is 0 Å². The lowest BCUT2D eigenvalue weighted by atomic mass is 10.2. The predicted molar refractivity (Wildman–Crippen MR) is 102 cm³/mol. The summed E-state index contributed by atoms with van der Waals surface area (Å²) in [5.41, 5.74) is 3.33. The Morgan fingerprint density at radius 1 is 1.12 bits per heavy atom. The number of thioether (sulfide) groups is 1. The number of hydrogen-bond donors (Lipinski definition) is 0. The molecule has 8 heteroatoms. The van der Waals surface area contributed by atoms with Crippen LogP contribution in [0.5, 0.6) is 5.75 Å². The van der Waals surface area contributed by atoms with Crippen molar-refractivity contribution in [3.05, 3.63) is 65.4 Å². The fourth-order valence-electron chi connectivity index (χ4n) is 2.48. The van der Waals surface area contributed by atoms with Crippen molar-refractivity contribution >= 4 is 34.5 Å². The first-order valence-corrected chi connectivity index (χ1v) is 9.19. The van der Waals surface area contributed by atoms with E-state index >= 15 is 0 Å². The summed E-state index contributed by atoms with van der Waals surface area (Å²) >= 11 is 7.52. The molecule has 0 bridgehead atoms. The first-order chi connectivity index (χ1) is 12.7. The number of methoxy groups -OCH3 is 1. The molecule has 0 saturated carbocycles. The number of rotatable bonds is 5. The van der Waals surface area contributed by atoms with Crippen LogP contribution in [0.25, 0.3) is 16.9 Å². The number of halogens is 1. The lowest BCUT2D eigenvalue weighted by molar-refractivity contribution is 0.414. The van der Waals surface area contributed by atoms with E-state index in [1.54, 1.807) is 23.6 Å². The van der Waals surface area contributed by atoms with Gasteiger partial charge in [0.25, 0.3) is 0 Å². The molecule has 4 rings (SSSR count). The average Bonchev–Trinajstić information content (AvgIpc) is 3.12. The second kappa shape index (κ2) is 7.31. The van der Waals surface area contributed by atoms with E-state index in [1.165, 1.54) is 6.33 Å². The third-order valence-electron chi connectivity index (χ3n) is 3.79. The predicted octanol–water partition coefficient (Wildman–Crippen LogP) is 4.16. The summed E-state index contributed by atoms with van der Waals surface area (Å²) in [4.78, 5) is 8.72. The topological polar surface area (TPSA) is 65.7 Å². The van der Waals surface area contributed by atoms with Crippen molar-refractivity contribution in [2.45, 2.75) is 10.8 Å². The highest BCUT2D eigenvalue weighted by molar-refractivity contribution is 7.98. The van der Waals surface area contributed by atoms with E-state index in [4.69, 9.17) is 16.3 Å². The lowest BCUT2D eigenvalue weighted by Gasteiger charge is -2.05. The Morgan fingerprint density at radius 2 is 1.96 bits per heavy atom. The Labute approximate surface area is 159 Å². The maximum absolute atomic E-state index is 5.93. The second-order valence-electron chi connectivity index (χ2n) is 5.47. The molecule has 4 aromatic rings. The maximum atomic E-state index is 5.93. The molecule has 2 aromatic carbocycles. The summed E-state index contributed by atoms with van der Waals surface area (Å²) in [6.07, 6.45) is 1.53. The van der Waals surface area contributed by atoms with Gasteiger partial charge in [0, 0.05) is 16.8 Å². The van der Waals surface area contributed by atoms with Crippen molar-refractivity contribution < 1.29 is 4.74 Å². The lowest BCUT2D eigenvalue weighted by Crippen LogP contribution is -1.98. The third-order valence-corrected chi connectivity index (χ3v) is 5.09. The van der Waals surface area contributed by atoms with E-state index in [2.05, 4.69) is 20.3 Å². The normalized spacial score (nSPS) is 11.0. The number of benzene rings is 2. The smallest absolute Gasteiger partial charge is 0.187 e. The van der Waals surface area contributed by atoms with Gasteiger partial charge in [0.2, 0.25) is 0 Å². The summed E-state index contributed by atoms with van der Waals surface area (Å²) in [5, 5.41) is 10.0. The van der Waals surface area contributed by atoms with E-state index in [0.29, 0.717) is 11.2 Å². The molecule has 0 saturated heterocycles. The van der Waals surface area contributed by atoms with Gasteiger partial charge in [-0.15, -0.1) is 5.10 Å². The highest BCUT2D eigenvalue weighted by Crippen LogP contribution is 2.27. The van der Waals surface area contributed by atoms with E-state index in [0.717, 1.165) is 32.8 Å². The zero-order chi connectivity index (χ0) is 17.9. The molecule has 2 heterocycles. The van der Waals surface area contributed by atoms with E-state index in [9.17, 15) is 0 Å². The minimum atomic E-state index is 0.659. The molecule has 0 fully saturated rings. The largest absolute Gasteiger partial charge is 0.497 e. The van der Waals surface area contributed by atoms with Gasteiger partial charge in [0.05, 0.1) is 12.8 Å². The highest BCUT2D eigenvalue weighted by atomic mass is 35.5. The Kier molecular flexibility index (Phi) is 4.73. The Morgan fingerprint density at radius 3 is 2.77 bits per heavy atom. The Balaban J connectivity index is 1.65. The van der Waals surface area contributed by atoms with Gasteiger partial charge in [-0.1, -0.05) is 46.8 Å².